The minimum Gasteiger partial charge on any atom is -0.493 e. The second kappa shape index (κ2) is 17.9. The monoisotopic (exact) mass is 577 g/mol. The van der Waals surface area contributed by atoms with E-state index >= 15 is 0 Å². The van der Waals surface area contributed by atoms with Crippen LogP contribution in [0.15, 0.2) is 18.2 Å². The molecule has 4 N–H and O–H groups in total. The van der Waals surface area contributed by atoms with Gasteiger partial charge in [-0.05, 0) is 81.4 Å². The van der Waals surface area contributed by atoms with Crippen molar-refractivity contribution in [2.45, 2.75) is 104 Å². The molecule has 0 radical (unpaired) electrons. The van der Waals surface area contributed by atoms with Gasteiger partial charge in [-0.25, -0.2) is 0 Å². The number of methoxy groups -OCH3 is 2. The smallest absolute Gasteiger partial charge is 0.223 e. The van der Waals surface area contributed by atoms with Gasteiger partial charge in [-0.2, -0.15) is 0 Å². The predicted molar refractivity (Wildman–Crippen MR) is 166 cm³/mol. The van der Waals surface area contributed by atoms with Gasteiger partial charge in [0.1, 0.15) is 0 Å². The fraction of sp³-hybridized carbons (Fsp3) is 0.788. The Bertz CT molecular complexity index is 886. The molecular formula is C33H59N3O5. The molecule has 0 saturated carbocycles. The zero-order valence-corrected chi connectivity index (χ0v) is 27.0. The number of amides is 1. The van der Waals surface area contributed by atoms with Gasteiger partial charge in [0.15, 0.2) is 11.5 Å². The molecule has 1 aromatic rings. The molecule has 236 valence electrons. The van der Waals surface area contributed by atoms with Crippen molar-refractivity contribution in [1.29, 1.82) is 0 Å². The number of hydrogen-bond acceptors (Lipinski definition) is 7. The minimum atomic E-state index is -0.743. The summed E-state index contributed by atoms with van der Waals surface area (Å²) >= 11 is 0. The summed E-state index contributed by atoms with van der Waals surface area (Å²) in [6.45, 7) is 16.2. The van der Waals surface area contributed by atoms with Crippen molar-refractivity contribution in [2.24, 2.45) is 29.4 Å². The molecule has 1 aliphatic heterocycles. The molecule has 0 bridgehead atoms. The standard InChI is InChI=1S/C33H59N3O5/c1-22(2)26(18-25-10-11-31(40-8)32(19-25)41-17-9-16-39-7)20-29(34)30(37)21-28(23(3)4)33(38)35-27-12-14-36(15-13-27)24(5)6/h10-11,19,22-24,26-30,37H,9,12-18,20-21,34H2,1-8H3,(H,35,38)/t26-,28-,29-,30-/m0/s1. The van der Waals surface area contributed by atoms with E-state index in [1.807, 2.05) is 12.1 Å². The molecule has 41 heavy (non-hydrogen) atoms. The average Bonchev–Trinajstić information content (AvgIpc) is 2.93. The summed E-state index contributed by atoms with van der Waals surface area (Å²) in [6, 6.07) is 6.40. The number of nitrogens with zero attached hydrogens (tertiary/aromatic N) is 1. The molecule has 8 heteroatoms. The van der Waals surface area contributed by atoms with E-state index in [4.69, 9.17) is 19.9 Å². The topological polar surface area (TPSA) is 106 Å². The van der Waals surface area contributed by atoms with Gasteiger partial charge in [0.05, 0.1) is 19.8 Å². The van der Waals surface area contributed by atoms with Gasteiger partial charge in [-0.15, -0.1) is 0 Å². The molecule has 4 atom stereocenters. The van der Waals surface area contributed by atoms with E-state index in [1.165, 1.54) is 0 Å². The summed E-state index contributed by atoms with van der Waals surface area (Å²) in [6.07, 6.45) is 3.87. The SMILES string of the molecule is COCCCOc1cc(C[C@@H](C[C@H](N)[C@@H](O)C[C@H](C(=O)NC2CCN(C(C)C)CC2)C(C)C)C(C)C)ccc1OC. The van der Waals surface area contributed by atoms with Crippen LogP contribution in [0.1, 0.15) is 79.2 Å². The Morgan fingerprint density at radius 1 is 1.02 bits per heavy atom. The van der Waals surface area contributed by atoms with Crippen LogP contribution >= 0.6 is 0 Å². The summed E-state index contributed by atoms with van der Waals surface area (Å²) < 4.78 is 16.6. The van der Waals surface area contributed by atoms with Gasteiger partial charge in [0, 0.05) is 57.3 Å². The summed E-state index contributed by atoms with van der Waals surface area (Å²) in [7, 11) is 3.33. The maximum atomic E-state index is 13.3. The number of nitrogens with two attached hydrogens (primary N) is 1. The molecule has 0 aromatic heterocycles. The zero-order chi connectivity index (χ0) is 30.5. The lowest BCUT2D eigenvalue weighted by atomic mass is 9.80. The molecule has 8 nitrogen and oxygen atoms in total. The second-order valence-electron chi connectivity index (χ2n) is 12.9. The fourth-order valence-corrected chi connectivity index (χ4v) is 5.73. The lowest BCUT2D eigenvalue weighted by molar-refractivity contribution is -0.128. The van der Waals surface area contributed by atoms with Gasteiger partial charge in [0.25, 0.3) is 0 Å². The maximum Gasteiger partial charge on any atom is 0.223 e. The van der Waals surface area contributed by atoms with Crippen LogP contribution in [0.2, 0.25) is 0 Å². The molecule has 2 rings (SSSR count). The Balaban J connectivity index is 1.98. The number of nitrogens with one attached hydrogen (secondary N) is 1. The number of rotatable bonds is 18. The van der Waals surface area contributed by atoms with Crippen molar-refractivity contribution in [3.05, 3.63) is 23.8 Å². The number of aliphatic hydroxyl groups excluding tert-OH is 1. The Morgan fingerprint density at radius 3 is 2.27 bits per heavy atom. The third-order valence-corrected chi connectivity index (χ3v) is 8.73. The number of carbonyl (C=O) groups is 1. The summed E-state index contributed by atoms with van der Waals surface area (Å²) in [5.74, 6) is 1.99. The normalized spacial score (nSPS) is 18.0. The van der Waals surface area contributed by atoms with Crippen LogP contribution in [-0.2, 0) is 16.0 Å². The average molecular weight is 578 g/mol. The highest BCUT2D eigenvalue weighted by Crippen LogP contribution is 2.32. The first-order chi connectivity index (χ1) is 19.5. The first kappa shape index (κ1) is 35.3. The molecule has 1 saturated heterocycles. The van der Waals surface area contributed by atoms with E-state index in [-0.39, 0.29) is 29.7 Å². The summed E-state index contributed by atoms with van der Waals surface area (Å²) in [5, 5.41) is 14.5. The quantitative estimate of drug-likeness (QED) is 0.218. The lowest BCUT2D eigenvalue weighted by Gasteiger charge is -2.36. The fourth-order valence-electron chi connectivity index (χ4n) is 5.73. The van der Waals surface area contributed by atoms with Crippen LogP contribution < -0.4 is 20.5 Å². The van der Waals surface area contributed by atoms with Gasteiger partial charge in [-0.3, -0.25) is 4.79 Å². The Hall–Kier alpha value is -1.87. The Labute approximate surface area is 249 Å². The summed E-state index contributed by atoms with van der Waals surface area (Å²) in [4.78, 5) is 15.7. The highest BCUT2D eigenvalue weighted by Gasteiger charge is 2.31. The largest absolute Gasteiger partial charge is 0.493 e. The zero-order valence-electron chi connectivity index (χ0n) is 27.0. The highest BCUT2D eigenvalue weighted by atomic mass is 16.5. The van der Waals surface area contributed by atoms with E-state index in [1.54, 1.807) is 14.2 Å². The number of benzene rings is 1. The molecule has 1 aliphatic rings. The van der Waals surface area contributed by atoms with Crippen LogP contribution in [-0.4, -0.2) is 80.7 Å². The second-order valence-corrected chi connectivity index (χ2v) is 12.9. The first-order valence-corrected chi connectivity index (χ1v) is 15.7. The van der Waals surface area contributed by atoms with E-state index in [0.717, 1.165) is 50.1 Å². The highest BCUT2D eigenvalue weighted by molar-refractivity contribution is 5.79. The van der Waals surface area contributed by atoms with Crippen LogP contribution in [0.4, 0.5) is 0 Å². The molecule has 1 amide bonds. The molecular weight excluding hydrogens is 518 g/mol. The van der Waals surface area contributed by atoms with Crippen LogP contribution in [0.25, 0.3) is 0 Å². The van der Waals surface area contributed by atoms with Crippen LogP contribution in [0, 0.1) is 23.7 Å². The first-order valence-electron chi connectivity index (χ1n) is 15.7. The van der Waals surface area contributed by atoms with Gasteiger partial charge >= 0.3 is 0 Å². The van der Waals surface area contributed by atoms with Gasteiger partial charge in [-0.1, -0.05) is 33.8 Å². The minimum absolute atomic E-state index is 0.0471. The molecule has 0 spiro atoms. The number of hydrogen-bond donors (Lipinski definition) is 3. The van der Waals surface area contributed by atoms with E-state index in [9.17, 15) is 9.90 Å². The van der Waals surface area contributed by atoms with Crippen molar-refractivity contribution in [2.75, 3.05) is 40.5 Å². The molecule has 1 fully saturated rings. The van der Waals surface area contributed by atoms with E-state index < -0.39 is 12.1 Å². The predicted octanol–water partition coefficient (Wildman–Crippen LogP) is 4.65. The van der Waals surface area contributed by atoms with Gasteiger partial charge in [0.2, 0.25) is 5.91 Å². The molecule has 0 aliphatic carbocycles. The van der Waals surface area contributed by atoms with E-state index in [2.05, 4.69) is 57.8 Å². The van der Waals surface area contributed by atoms with Crippen molar-refractivity contribution < 1.29 is 24.1 Å². The number of carbonyl (C=O) groups excluding carboxylic acids is 1. The third-order valence-electron chi connectivity index (χ3n) is 8.73. The van der Waals surface area contributed by atoms with Crippen molar-refractivity contribution in [3.8, 4) is 11.5 Å². The lowest BCUT2D eigenvalue weighted by Crippen LogP contribution is -2.49. The summed E-state index contributed by atoms with van der Waals surface area (Å²) in [5.41, 5.74) is 7.76. The van der Waals surface area contributed by atoms with Gasteiger partial charge < -0.3 is 35.3 Å². The van der Waals surface area contributed by atoms with E-state index in [0.29, 0.717) is 43.8 Å². The van der Waals surface area contributed by atoms with Crippen molar-refractivity contribution in [3.63, 3.8) is 0 Å². The third kappa shape index (κ3) is 11.7. The number of likely N-dealkylation sites (tertiary alicyclic amines) is 1. The number of aliphatic hydroxyl groups is 1. The van der Waals surface area contributed by atoms with Crippen LogP contribution in [0.3, 0.4) is 0 Å². The van der Waals surface area contributed by atoms with Crippen LogP contribution in [0.5, 0.6) is 11.5 Å². The molecule has 0 unspecified atom stereocenters. The Morgan fingerprint density at radius 2 is 1.71 bits per heavy atom. The maximum absolute atomic E-state index is 13.3. The number of piperidine rings is 1. The Kier molecular flexibility index (Phi) is 15.5. The van der Waals surface area contributed by atoms with Crippen molar-refractivity contribution >= 4 is 5.91 Å². The number of ether oxygens (including phenoxy) is 3. The molecule has 1 aromatic carbocycles. The molecule has 1 heterocycles. The van der Waals surface area contributed by atoms with Crippen molar-refractivity contribution in [1.82, 2.24) is 10.2 Å².